The van der Waals surface area contributed by atoms with Crippen LogP contribution in [0.3, 0.4) is 0 Å². The minimum atomic E-state index is -4.06. The molecule has 1 aromatic carbocycles. The molecular weight excluding hydrogens is 510 g/mol. The van der Waals surface area contributed by atoms with Crippen LogP contribution in [-0.4, -0.2) is 63.9 Å². The minimum Gasteiger partial charge on any atom is -0.463 e. The topological polar surface area (TPSA) is 178 Å². The highest BCUT2D eigenvalue weighted by molar-refractivity contribution is 7.54. The Morgan fingerprint density at radius 1 is 1.30 bits per heavy atom. The fourth-order valence-electron chi connectivity index (χ4n) is 3.77. The number of nitrogens with zero attached hydrogens (tertiary/aromatic N) is 2. The van der Waals surface area contributed by atoms with E-state index in [0.29, 0.717) is 0 Å². The van der Waals surface area contributed by atoms with Crippen LogP contribution in [0, 0.1) is 5.92 Å². The van der Waals surface area contributed by atoms with Gasteiger partial charge in [-0.3, -0.25) is 13.9 Å². The first kappa shape index (κ1) is 28.7. The molecule has 12 nitrogen and oxygen atoms in total. The summed E-state index contributed by atoms with van der Waals surface area (Å²) in [5, 5.41) is 10.8. The molecule has 37 heavy (non-hydrogen) atoms. The Hall–Kier alpha value is -2.83. The SMILES string of the molecule is CC(C)OC(=O)[C@H](C)C[P@@](=O)(OC[C@H]1O[C@@H](n2ccc(N)nc2=O)C(N)(CF)[C@H]1O)Oc1ccccc1. The van der Waals surface area contributed by atoms with Gasteiger partial charge in [0.15, 0.2) is 6.23 Å². The van der Waals surface area contributed by atoms with Crippen LogP contribution in [0.2, 0.25) is 0 Å². The molecule has 2 aromatic rings. The van der Waals surface area contributed by atoms with Crippen LogP contribution in [0.25, 0.3) is 0 Å². The largest absolute Gasteiger partial charge is 0.463 e. The molecule has 0 bridgehead atoms. The summed E-state index contributed by atoms with van der Waals surface area (Å²) in [4.78, 5) is 28.2. The summed E-state index contributed by atoms with van der Waals surface area (Å²) in [6.45, 7) is 3.07. The molecule has 5 N–H and O–H groups in total. The molecule has 1 aliphatic heterocycles. The Balaban J connectivity index is 1.82. The predicted molar refractivity (Wildman–Crippen MR) is 132 cm³/mol. The second-order valence-electron chi connectivity index (χ2n) is 9.14. The second kappa shape index (κ2) is 11.7. The fraction of sp³-hybridized carbons (Fsp3) is 0.522. The van der Waals surface area contributed by atoms with E-state index in [1.165, 1.54) is 19.2 Å². The number of nitrogens with two attached hydrogens (primary N) is 2. The van der Waals surface area contributed by atoms with Crippen LogP contribution in [0.15, 0.2) is 47.4 Å². The van der Waals surface area contributed by atoms with Crippen molar-refractivity contribution in [3.63, 3.8) is 0 Å². The Kier molecular flexibility index (Phi) is 9.09. The molecule has 1 unspecified atom stereocenters. The maximum absolute atomic E-state index is 14.1. The number of alkyl halides is 1. The van der Waals surface area contributed by atoms with Crippen molar-refractivity contribution < 1.29 is 37.4 Å². The van der Waals surface area contributed by atoms with Gasteiger partial charge >= 0.3 is 19.3 Å². The quantitative estimate of drug-likeness (QED) is 0.278. The van der Waals surface area contributed by atoms with E-state index in [4.69, 9.17) is 30.0 Å². The highest BCUT2D eigenvalue weighted by Gasteiger charge is 2.56. The Bertz CT molecular complexity index is 1180. The molecule has 3 rings (SSSR count). The van der Waals surface area contributed by atoms with Gasteiger partial charge in [-0.15, -0.1) is 0 Å². The van der Waals surface area contributed by atoms with E-state index in [0.717, 1.165) is 4.57 Å². The van der Waals surface area contributed by atoms with Gasteiger partial charge in [0.2, 0.25) is 0 Å². The van der Waals surface area contributed by atoms with Crippen LogP contribution >= 0.6 is 7.60 Å². The number of ether oxygens (including phenoxy) is 2. The van der Waals surface area contributed by atoms with Crippen molar-refractivity contribution in [2.75, 3.05) is 25.2 Å². The van der Waals surface area contributed by atoms with E-state index in [2.05, 4.69) is 4.98 Å². The van der Waals surface area contributed by atoms with Crippen molar-refractivity contribution in [2.24, 2.45) is 11.7 Å². The maximum atomic E-state index is 14.1. The summed E-state index contributed by atoms with van der Waals surface area (Å²) in [7, 11) is -4.06. The monoisotopic (exact) mass is 542 g/mol. The van der Waals surface area contributed by atoms with Gasteiger partial charge in [-0.1, -0.05) is 25.1 Å². The zero-order valence-electron chi connectivity index (χ0n) is 20.7. The lowest BCUT2D eigenvalue weighted by molar-refractivity contribution is -0.151. The number of benzene rings is 1. The van der Waals surface area contributed by atoms with E-state index in [-0.39, 0.29) is 23.8 Å². The number of hydrogen-bond donors (Lipinski definition) is 3. The second-order valence-corrected chi connectivity index (χ2v) is 11.2. The number of esters is 1. The molecule has 0 amide bonds. The fourth-order valence-corrected chi connectivity index (χ4v) is 5.64. The van der Waals surface area contributed by atoms with E-state index in [1.807, 2.05) is 0 Å². The summed E-state index contributed by atoms with van der Waals surface area (Å²) >= 11 is 0. The molecule has 2 heterocycles. The molecule has 14 heteroatoms. The summed E-state index contributed by atoms with van der Waals surface area (Å²) in [6.07, 6.45) is -3.95. The highest BCUT2D eigenvalue weighted by atomic mass is 31.2. The molecule has 1 aromatic heterocycles. The van der Waals surface area contributed by atoms with Gasteiger partial charge < -0.3 is 30.6 Å². The van der Waals surface area contributed by atoms with Crippen LogP contribution < -0.4 is 21.7 Å². The van der Waals surface area contributed by atoms with Gasteiger partial charge in [-0.05, 0) is 32.0 Å². The lowest BCUT2D eigenvalue weighted by atomic mass is 9.92. The average molecular weight is 543 g/mol. The molecule has 0 saturated carbocycles. The first-order valence-electron chi connectivity index (χ1n) is 11.6. The summed E-state index contributed by atoms with van der Waals surface area (Å²) < 4.78 is 50.9. The summed E-state index contributed by atoms with van der Waals surface area (Å²) in [5.41, 5.74) is 8.72. The van der Waals surface area contributed by atoms with Crippen molar-refractivity contribution in [2.45, 2.75) is 50.8 Å². The van der Waals surface area contributed by atoms with Gasteiger partial charge in [0.05, 0.1) is 24.8 Å². The van der Waals surface area contributed by atoms with Crippen molar-refractivity contribution >= 4 is 19.4 Å². The van der Waals surface area contributed by atoms with E-state index in [9.17, 15) is 23.7 Å². The van der Waals surface area contributed by atoms with E-state index in [1.54, 1.807) is 44.2 Å². The number of hydrogen-bond acceptors (Lipinski definition) is 11. The van der Waals surface area contributed by atoms with E-state index >= 15 is 0 Å². The minimum absolute atomic E-state index is 0.0633. The lowest BCUT2D eigenvalue weighted by Crippen LogP contribution is -2.57. The summed E-state index contributed by atoms with van der Waals surface area (Å²) in [6, 6.07) is 9.45. The molecule has 1 aliphatic rings. The first-order chi connectivity index (χ1) is 17.4. The number of carbonyl (C=O) groups is 1. The number of anilines is 1. The molecule has 0 aliphatic carbocycles. The van der Waals surface area contributed by atoms with Gasteiger partial charge in [0.1, 0.15) is 36.0 Å². The Labute approximate surface area is 213 Å². The molecule has 0 spiro atoms. The van der Waals surface area contributed by atoms with Crippen LogP contribution in [0.4, 0.5) is 10.2 Å². The van der Waals surface area contributed by atoms with Crippen LogP contribution in [0.1, 0.15) is 27.0 Å². The van der Waals surface area contributed by atoms with Gasteiger partial charge in [-0.2, -0.15) is 4.98 Å². The number of carbonyl (C=O) groups excluding carboxylic acids is 1. The van der Waals surface area contributed by atoms with Crippen molar-refractivity contribution in [3.8, 4) is 5.75 Å². The number of rotatable bonds is 11. The molecular formula is C23H32FN4O8P. The number of aliphatic hydroxyl groups is 1. The molecule has 204 valence electrons. The summed E-state index contributed by atoms with van der Waals surface area (Å²) in [5.74, 6) is -1.30. The first-order valence-corrected chi connectivity index (χ1v) is 13.3. The van der Waals surface area contributed by atoms with Gasteiger partial charge in [-0.25, -0.2) is 13.8 Å². The third-order valence-electron chi connectivity index (χ3n) is 5.68. The zero-order chi connectivity index (χ0) is 27.4. The lowest BCUT2D eigenvalue weighted by Gasteiger charge is -2.30. The highest BCUT2D eigenvalue weighted by Crippen LogP contribution is 2.51. The number of aromatic nitrogens is 2. The van der Waals surface area contributed by atoms with Gasteiger partial charge in [0.25, 0.3) is 0 Å². The van der Waals surface area contributed by atoms with Crippen LogP contribution in [-0.2, 0) is 23.4 Å². The molecule has 1 saturated heterocycles. The standard InChI is InChI=1S/C23H32FN4O8P/c1-14(2)34-20(30)15(3)12-37(32,36-16-7-5-4-6-8-16)33-11-17-19(29)23(26,13-24)21(35-17)28-10-9-18(25)27-22(28)31/h4-10,14-15,17,19,21,29H,11-13,26H2,1-3H3,(H2,25,27,31)/t15-,17-,19+,21-,23?,37-/m1/s1. The van der Waals surface area contributed by atoms with Crippen molar-refractivity contribution in [1.29, 1.82) is 0 Å². The number of para-hydroxylation sites is 1. The molecule has 0 radical (unpaired) electrons. The number of halogens is 1. The van der Waals surface area contributed by atoms with Crippen molar-refractivity contribution in [1.82, 2.24) is 9.55 Å². The average Bonchev–Trinajstić information content (AvgIpc) is 3.08. The normalized spacial score (nSPS) is 26.0. The smallest absolute Gasteiger partial charge is 0.380 e. The number of nitrogen functional groups attached to an aromatic ring is 1. The Morgan fingerprint density at radius 2 is 1.97 bits per heavy atom. The number of aliphatic hydroxyl groups excluding tert-OH is 1. The zero-order valence-corrected chi connectivity index (χ0v) is 21.6. The predicted octanol–water partition coefficient (Wildman–Crippen LogP) is 1.63. The third kappa shape index (κ3) is 6.74. The third-order valence-corrected chi connectivity index (χ3v) is 7.70. The van der Waals surface area contributed by atoms with Crippen molar-refractivity contribution in [3.05, 3.63) is 53.1 Å². The molecule has 1 fully saturated rings. The maximum Gasteiger partial charge on any atom is 0.380 e. The van der Waals surface area contributed by atoms with Gasteiger partial charge in [0, 0.05) is 6.20 Å². The van der Waals surface area contributed by atoms with Crippen LogP contribution in [0.5, 0.6) is 5.75 Å². The van der Waals surface area contributed by atoms with E-state index < -0.39 is 62.4 Å². The molecule has 6 atom stereocenters. The Morgan fingerprint density at radius 3 is 2.57 bits per heavy atom.